The van der Waals surface area contributed by atoms with Gasteiger partial charge in [0.25, 0.3) is 0 Å². The minimum atomic E-state index is -0.135. The van der Waals surface area contributed by atoms with E-state index in [1.54, 1.807) is 12.1 Å². The van der Waals surface area contributed by atoms with E-state index in [-0.39, 0.29) is 30.1 Å². The lowest BCUT2D eigenvalue weighted by Crippen LogP contribution is -2.15. The third-order valence-electron chi connectivity index (χ3n) is 4.55. The highest BCUT2D eigenvalue weighted by molar-refractivity contribution is 6.01. The van der Waals surface area contributed by atoms with Crippen LogP contribution in [0.4, 0.5) is 17.1 Å². The normalized spacial score (nSPS) is 15.2. The summed E-state index contributed by atoms with van der Waals surface area (Å²) < 4.78 is 0. The van der Waals surface area contributed by atoms with Crippen LogP contribution in [0.2, 0.25) is 0 Å². The summed E-state index contributed by atoms with van der Waals surface area (Å²) in [5, 5.41) is 8.49. The van der Waals surface area contributed by atoms with Crippen molar-refractivity contribution < 1.29 is 14.4 Å². The molecule has 2 aromatic carbocycles. The highest BCUT2D eigenvalue weighted by atomic mass is 16.2. The number of carbonyl (C=O) groups excluding carboxylic acids is 3. The van der Waals surface area contributed by atoms with Crippen molar-refractivity contribution in [2.24, 2.45) is 5.92 Å². The van der Waals surface area contributed by atoms with Crippen LogP contribution >= 0.6 is 0 Å². The van der Waals surface area contributed by atoms with E-state index in [2.05, 4.69) is 16.0 Å². The zero-order valence-electron chi connectivity index (χ0n) is 14.2. The fourth-order valence-corrected chi connectivity index (χ4v) is 2.98. The molecule has 6 heteroatoms. The molecular formula is C20H19N3O3. The van der Waals surface area contributed by atoms with Crippen molar-refractivity contribution >= 4 is 34.8 Å². The SMILES string of the molecule is O=C(Cc1ccc(NC(=O)C2CC2)cc1)Nc1ccc2c(c1)NC(=O)C2. The number of hydrogen-bond donors (Lipinski definition) is 3. The third-order valence-corrected chi connectivity index (χ3v) is 4.55. The van der Waals surface area contributed by atoms with Gasteiger partial charge in [-0.25, -0.2) is 0 Å². The first-order valence-electron chi connectivity index (χ1n) is 8.69. The van der Waals surface area contributed by atoms with Crippen molar-refractivity contribution in [2.45, 2.75) is 25.7 Å². The molecule has 1 saturated carbocycles. The fourth-order valence-electron chi connectivity index (χ4n) is 2.98. The van der Waals surface area contributed by atoms with Gasteiger partial charge in [-0.15, -0.1) is 0 Å². The number of carbonyl (C=O) groups is 3. The molecule has 132 valence electrons. The average Bonchev–Trinajstić information content (AvgIpc) is 3.38. The Morgan fingerprint density at radius 2 is 1.73 bits per heavy atom. The largest absolute Gasteiger partial charge is 0.326 e. The summed E-state index contributed by atoms with van der Waals surface area (Å²) in [7, 11) is 0. The van der Waals surface area contributed by atoms with Crippen molar-refractivity contribution in [1.29, 1.82) is 0 Å². The number of anilines is 3. The molecule has 0 aromatic heterocycles. The van der Waals surface area contributed by atoms with E-state index in [9.17, 15) is 14.4 Å². The summed E-state index contributed by atoms with van der Waals surface area (Å²) >= 11 is 0. The van der Waals surface area contributed by atoms with Crippen molar-refractivity contribution in [3.05, 3.63) is 53.6 Å². The van der Waals surface area contributed by atoms with Gasteiger partial charge in [-0.2, -0.15) is 0 Å². The van der Waals surface area contributed by atoms with E-state index in [1.807, 2.05) is 30.3 Å². The van der Waals surface area contributed by atoms with Gasteiger partial charge in [-0.1, -0.05) is 18.2 Å². The van der Waals surface area contributed by atoms with Crippen LogP contribution in [0.3, 0.4) is 0 Å². The standard InChI is InChI=1S/C20H19N3O3/c24-18(21-16-8-5-14-10-19(25)23-17(14)11-16)9-12-1-6-15(7-2-12)22-20(26)13-3-4-13/h1-2,5-8,11,13H,3-4,9-10H2,(H,21,24)(H,22,26)(H,23,25). The van der Waals surface area contributed by atoms with Crippen LogP contribution in [0.25, 0.3) is 0 Å². The maximum absolute atomic E-state index is 12.2. The number of fused-ring (bicyclic) bond motifs is 1. The van der Waals surface area contributed by atoms with Gasteiger partial charge in [-0.3, -0.25) is 14.4 Å². The van der Waals surface area contributed by atoms with E-state index in [0.717, 1.165) is 35.3 Å². The summed E-state index contributed by atoms with van der Waals surface area (Å²) in [4.78, 5) is 35.4. The second kappa shape index (κ2) is 6.63. The molecule has 0 atom stereocenters. The summed E-state index contributed by atoms with van der Waals surface area (Å²) in [6, 6.07) is 12.7. The van der Waals surface area contributed by atoms with Crippen LogP contribution in [0.5, 0.6) is 0 Å². The molecule has 0 radical (unpaired) electrons. The van der Waals surface area contributed by atoms with Gasteiger partial charge >= 0.3 is 0 Å². The van der Waals surface area contributed by atoms with E-state index in [0.29, 0.717) is 12.1 Å². The maximum Gasteiger partial charge on any atom is 0.228 e. The molecule has 0 bridgehead atoms. The third kappa shape index (κ3) is 3.74. The molecule has 3 N–H and O–H groups in total. The predicted octanol–water partition coefficient (Wildman–Crippen LogP) is 2.71. The minimum Gasteiger partial charge on any atom is -0.326 e. The summed E-state index contributed by atoms with van der Waals surface area (Å²) in [6.07, 6.45) is 2.56. The van der Waals surface area contributed by atoms with Crippen LogP contribution in [-0.4, -0.2) is 17.7 Å². The molecule has 1 aliphatic heterocycles. The summed E-state index contributed by atoms with van der Waals surface area (Å²) in [5.74, 6) is 0.0677. The molecule has 0 spiro atoms. The fraction of sp³-hybridized carbons (Fsp3) is 0.250. The lowest BCUT2D eigenvalue weighted by molar-refractivity contribution is -0.117. The highest BCUT2D eigenvalue weighted by Crippen LogP contribution is 2.30. The smallest absolute Gasteiger partial charge is 0.228 e. The zero-order valence-corrected chi connectivity index (χ0v) is 14.2. The quantitative estimate of drug-likeness (QED) is 0.776. The Bertz CT molecular complexity index is 886. The molecule has 3 amide bonds. The Labute approximate surface area is 151 Å². The summed E-state index contributed by atoms with van der Waals surface area (Å²) in [5.41, 5.74) is 3.96. The molecule has 1 fully saturated rings. The van der Waals surface area contributed by atoms with E-state index < -0.39 is 0 Å². The van der Waals surface area contributed by atoms with Crippen LogP contribution in [0, 0.1) is 5.92 Å². The molecule has 6 nitrogen and oxygen atoms in total. The minimum absolute atomic E-state index is 0.0302. The lowest BCUT2D eigenvalue weighted by atomic mass is 10.1. The molecule has 26 heavy (non-hydrogen) atoms. The highest BCUT2D eigenvalue weighted by Gasteiger charge is 2.29. The molecule has 2 aromatic rings. The molecule has 1 aliphatic carbocycles. The second-order valence-electron chi connectivity index (χ2n) is 6.78. The molecule has 0 unspecified atom stereocenters. The van der Waals surface area contributed by atoms with Gasteiger partial charge in [0, 0.05) is 23.0 Å². The average molecular weight is 349 g/mol. The lowest BCUT2D eigenvalue weighted by Gasteiger charge is -2.08. The topological polar surface area (TPSA) is 87.3 Å². The Hall–Kier alpha value is -3.15. The summed E-state index contributed by atoms with van der Waals surface area (Å²) in [6.45, 7) is 0. The van der Waals surface area contributed by atoms with Crippen LogP contribution < -0.4 is 16.0 Å². The van der Waals surface area contributed by atoms with Crippen LogP contribution in [-0.2, 0) is 27.2 Å². The predicted molar refractivity (Wildman–Crippen MR) is 98.9 cm³/mol. The van der Waals surface area contributed by atoms with Crippen molar-refractivity contribution in [3.8, 4) is 0 Å². The number of nitrogens with one attached hydrogen (secondary N) is 3. The van der Waals surface area contributed by atoms with Gasteiger partial charge in [0.15, 0.2) is 0 Å². The first kappa shape index (κ1) is 16.3. The molecule has 2 aliphatic rings. The molecule has 0 saturated heterocycles. The van der Waals surface area contributed by atoms with Crippen LogP contribution in [0.1, 0.15) is 24.0 Å². The number of benzene rings is 2. The Morgan fingerprint density at radius 3 is 2.46 bits per heavy atom. The van der Waals surface area contributed by atoms with E-state index in [4.69, 9.17) is 0 Å². The van der Waals surface area contributed by atoms with Gasteiger partial charge in [0.2, 0.25) is 17.7 Å². The monoisotopic (exact) mass is 349 g/mol. The number of hydrogen-bond acceptors (Lipinski definition) is 3. The molecule has 1 heterocycles. The second-order valence-corrected chi connectivity index (χ2v) is 6.78. The van der Waals surface area contributed by atoms with Crippen molar-refractivity contribution in [3.63, 3.8) is 0 Å². The van der Waals surface area contributed by atoms with Gasteiger partial charge in [-0.05, 0) is 48.2 Å². The van der Waals surface area contributed by atoms with Crippen molar-refractivity contribution in [1.82, 2.24) is 0 Å². The van der Waals surface area contributed by atoms with Gasteiger partial charge in [0.1, 0.15) is 0 Å². The first-order valence-corrected chi connectivity index (χ1v) is 8.69. The van der Waals surface area contributed by atoms with Gasteiger partial charge < -0.3 is 16.0 Å². The Morgan fingerprint density at radius 1 is 1.00 bits per heavy atom. The Kier molecular flexibility index (Phi) is 4.16. The molecular weight excluding hydrogens is 330 g/mol. The Balaban J connectivity index is 1.34. The van der Waals surface area contributed by atoms with E-state index in [1.165, 1.54) is 0 Å². The maximum atomic E-state index is 12.2. The van der Waals surface area contributed by atoms with Crippen molar-refractivity contribution in [2.75, 3.05) is 16.0 Å². The first-order chi connectivity index (χ1) is 12.6. The van der Waals surface area contributed by atoms with Gasteiger partial charge in [0.05, 0.1) is 12.8 Å². The number of amides is 3. The number of rotatable bonds is 5. The van der Waals surface area contributed by atoms with E-state index >= 15 is 0 Å². The molecule has 4 rings (SSSR count). The zero-order chi connectivity index (χ0) is 18.1. The van der Waals surface area contributed by atoms with Crippen LogP contribution in [0.15, 0.2) is 42.5 Å².